The first kappa shape index (κ1) is 15.3. The van der Waals surface area contributed by atoms with Gasteiger partial charge in [0.05, 0.1) is 5.69 Å². The van der Waals surface area contributed by atoms with Crippen LogP contribution in [-0.4, -0.2) is 30.6 Å². The summed E-state index contributed by atoms with van der Waals surface area (Å²) in [6.07, 6.45) is -1.29. The minimum absolute atomic E-state index is 0.130. The van der Waals surface area contributed by atoms with Crippen LogP contribution < -0.4 is 24.8 Å². The van der Waals surface area contributed by atoms with Crippen LogP contribution in [0.3, 0.4) is 0 Å². The number of hydrogen-bond acceptors (Lipinski definition) is 5. The van der Waals surface area contributed by atoms with Crippen LogP contribution in [-0.2, 0) is 9.59 Å². The zero-order valence-electron chi connectivity index (χ0n) is 13.4. The molecule has 2 N–H and O–H groups in total. The lowest BCUT2D eigenvalue weighted by Crippen LogP contribution is -2.40. The van der Waals surface area contributed by atoms with Crippen molar-refractivity contribution in [2.75, 3.05) is 17.2 Å². The Labute approximate surface area is 143 Å². The SMILES string of the molecule is C[C@@H]1Oc2ccc(NC(=O)[C@H]3COc4ccccc4O3)cc2NC1=O. The molecule has 2 aliphatic rings. The van der Waals surface area contributed by atoms with Gasteiger partial charge in [0.1, 0.15) is 12.4 Å². The van der Waals surface area contributed by atoms with Crippen molar-refractivity contribution in [3.8, 4) is 17.2 Å². The molecule has 25 heavy (non-hydrogen) atoms. The minimum Gasteiger partial charge on any atom is -0.485 e. The molecular formula is C18H16N2O5. The Kier molecular flexibility index (Phi) is 3.68. The van der Waals surface area contributed by atoms with Crippen LogP contribution in [0.4, 0.5) is 11.4 Å². The first-order valence-corrected chi connectivity index (χ1v) is 7.91. The molecule has 0 bridgehead atoms. The Morgan fingerprint density at radius 3 is 2.76 bits per heavy atom. The van der Waals surface area contributed by atoms with E-state index in [2.05, 4.69) is 10.6 Å². The summed E-state index contributed by atoms with van der Waals surface area (Å²) in [5.41, 5.74) is 1.05. The molecule has 2 aliphatic heterocycles. The number of carbonyl (C=O) groups excluding carboxylic acids is 2. The van der Waals surface area contributed by atoms with E-state index in [1.54, 1.807) is 37.3 Å². The van der Waals surface area contributed by atoms with Gasteiger partial charge in [-0.05, 0) is 37.3 Å². The van der Waals surface area contributed by atoms with Crippen LogP contribution in [0.5, 0.6) is 17.2 Å². The molecule has 2 aromatic carbocycles. The van der Waals surface area contributed by atoms with E-state index < -0.39 is 12.2 Å². The molecule has 0 radical (unpaired) electrons. The number of nitrogens with one attached hydrogen (secondary N) is 2. The van der Waals surface area contributed by atoms with E-state index in [-0.39, 0.29) is 18.4 Å². The van der Waals surface area contributed by atoms with Gasteiger partial charge in [-0.15, -0.1) is 0 Å². The molecule has 4 rings (SSSR count). The molecule has 7 nitrogen and oxygen atoms in total. The summed E-state index contributed by atoms with van der Waals surface area (Å²) in [7, 11) is 0. The standard InChI is InChI=1S/C18H16N2O5/c1-10-17(21)20-12-8-11(6-7-13(12)24-10)19-18(22)16-9-23-14-4-2-3-5-15(14)25-16/h2-8,10,16H,9H2,1H3,(H,19,22)(H,20,21)/t10-,16+/m0/s1. The maximum absolute atomic E-state index is 12.4. The molecule has 0 saturated heterocycles. The van der Waals surface area contributed by atoms with E-state index in [9.17, 15) is 9.59 Å². The van der Waals surface area contributed by atoms with E-state index >= 15 is 0 Å². The normalized spacial score (nSPS) is 20.8. The van der Waals surface area contributed by atoms with E-state index in [0.717, 1.165) is 0 Å². The molecule has 2 atom stereocenters. The highest BCUT2D eigenvalue weighted by Gasteiger charge is 2.28. The van der Waals surface area contributed by atoms with Crippen molar-refractivity contribution >= 4 is 23.2 Å². The first-order chi connectivity index (χ1) is 12.1. The lowest BCUT2D eigenvalue weighted by molar-refractivity contribution is -0.125. The third-order valence-corrected chi connectivity index (χ3v) is 3.98. The van der Waals surface area contributed by atoms with Gasteiger partial charge in [0.15, 0.2) is 17.6 Å². The Morgan fingerprint density at radius 1 is 1.12 bits per heavy atom. The zero-order chi connectivity index (χ0) is 17.4. The number of fused-ring (bicyclic) bond motifs is 2. The molecule has 0 saturated carbocycles. The summed E-state index contributed by atoms with van der Waals surface area (Å²) in [6.45, 7) is 1.80. The summed E-state index contributed by atoms with van der Waals surface area (Å²) in [5, 5.41) is 5.51. The van der Waals surface area contributed by atoms with E-state index in [1.807, 2.05) is 12.1 Å². The number of amides is 2. The fraction of sp³-hybridized carbons (Fsp3) is 0.222. The summed E-state index contributed by atoms with van der Waals surface area (Å²) < 4.78 is 16.7. The second kappa shape index (κ2) is 6.01. The third kappa shape index (κ3) is 2.96. The van der Waals surface area contributed by atoms with Crippen LogP contribution in [0.15, 0.2) is 42.5 Å². The smallest absolute Gasteiger partial charge is 0.269 e. The molecular weight excluding hydrogens is 324 g/mol. The molecule has 0 fully saturated rings. The lowest BCUT2D eigenvalue weighted by Gasteiger charge is -2.26. The van der Waals surface area contributed by atoms with Crippen molar-refractivity contribution in [3.63, 3.8) is 0 Å². The molecule has 0 aliphatic carbocycles. The number of hydrogen-bond donors (Lipinski definition) is 2. The second-order valence-corrected chi connectivity index (χ2v) is 5.81. The van der Waals surface area contributed by atoms with Gasteiger partial charge in [-0.3, -0.25) is 9.59 Å². The number of benzene rings is 2. The molecule has 0 spiro atoms. The topological polar surface area (TPSA) is 85.9 Å². The van der Waals surface area contributed by atoms with Crippen molar-refractivity contribution in [3.05, 3.63) is 42.5 Å². The van der Waals surface area contributed by atoms with Crippen LogP contribution in [0.2, 0.25) is 0 Å². The fourth-order valence-corrected chi connectivity index (χ4v) is 2.66. The maximum atomic E-state index is 12.4. The van der Waals surface area contributed by atoms with Gasteiger partial charge in [0, 0.05) is 5.69 Å². The van der Waals surface area contributed by atoms with Gasteiger partial charge < -0.3 is 24.8 Å². The molecule has 2 heterocycles. The van der Waals surface area contributed by atoms with Gasteiger partial charge in [-0.2, -0.15) is 0 Å². The van der Waals surface area contributed by atoms with Gasteiger partial charge in [0.25, 0.3) is 11.8 Å². The summed E-state index contributed by atoms with van der Waals surface area (Å²) >= 11 is 0. The number of carbonyl (C=O) groups is 2. The third-order valence-electron chi connectivity index (χ3n) is 3.98. The number of rotatable bonds is 2. The average Bonchev–Trinajstić information content (AvgIpc) is 2.62. The minimum atomic E-state index is -0.753. The largest absolute Gasteiger partial charge is 0.485 e. The van der Waals surface area contributed by atoms with Crippen molar-refractivity contribution < 1.29 is 23.8 Å². The quantitative estimate of drug-likeness (QED) is 0.875. The highest BCUT2D eigenvalue weighted by Crippen LogP contribution is 2.33. The number of para-hydroxylation sites is 2. The van der Waals surface area contributed by atoms with Crippen molar-refractivity contribution in [1.29, 1.82) is 0 Å². The van der Waals surface area contributed by atoms with Crippen molar-refractivity contribution in [2.24, 2.45) is 0 Å². The molecule has 0 aromatic heterocycles. The van der Waals surface area contributed by atoms with E-state index in [0.29, 0.717) is 28.6 Å². The Hall–Kier alpha value is -3.22. The van der Waals surface area contributed by atoms with E-state index in [1.165, 1.54) is 0 Å². The van der Waals surface area contributed by atoms with E-state index in [4.69, 9.17) is 14.2 Å². The fourth-order valence-electron chi connectivity index (χ4n) is 2.66. The molecule has 2 amide bonds. The Balaban J connectivity index is 1.47. The molecule has 7 heteroatoms. The highest BCUT2D eigenvalue weighted by atomic mass is 16.6. The lowest BCUT2D eigenvalue weighted by atomic mass is 10.2. The van der Waals surface area contributed by atoms with Gasteiger partial charge in [-0.1, -0.05) is 12.1 Å². The summed E-state index contributed by atoms with van der Waals surface area (Å²) in [6, 6.07) is 12.3. The number of anilines is 2. The Bertz CT molecular complexity index is 851. The monoisotopic (exact) mass is 340 g/mol. The van der Waals surface area contributed by atoms with Crippen LogP contribution in [0, 0.1) is 0 Å². The zero-order valence-corrected chi connectivity index (χ0v) is 13.4. The van der Waals surface area contributed by atoms with Gasteiger partial charge in [0.2, 0.25) is 6.10 Å². The molecule has 128 valence electrons. The summed E-state index contributed by atoms with van der Waals surface area (Å²) in [4.78, 5) is 24.1. The second-order valence-electron chi connectivity index (χ2n) is 5.81. The predicted octanol–water partition coefficient (Wildman–Crippen LogP) is 2.18. The summed E-state index contributed by atoms with van der Waals surface area (Å²) in [5.74, 6) is 1.17. The molecule has 2 aromatic rings. The van der Waals surface area contributed by atoms with Crippen LogP contribution in [0.1, 0.15) is 6.92 Å². The van der Waals surface area contributed by atoms with Crippen molar-refractivity contribution in [1.82, 2.24) is 0 Å². The van der Waals surface area contributed by atoms with Gasteiger partial charge in [-0.25, -0.2) is 0 Å². The van der Waals surface area contributed by atoms with Crippen LogP contribution in [0.25, 0.3) is 0 Å². The highest BCUT2D eigenvalue weighted by molar-refractivity contribution is 6.00. The molecule has 0 unspecified atom stereocenters. The van der Waals surface area contributed by atoms with Crippen molar-refractivity contribution in [2.45, 2.75) is 19.1 Å². The van der Waals surface area contributed by atoms with Gasteiger partial charge >= 0.3 is 0 Å². The maximum Gasteiger partial charge on any atom is 0.269 e. The first-order valence-electron chi connectivity index (χ1n) is 7.91. The Morgan fingerprint density at radius 2 is 1.92 bits per heavy atom. The van der Waals surface area contributed by atoms with Crippen LogP contribution >= 0.6 is 0 Å². The predicted molar refractivity (Wildman–Crippen MR) is 90.1 cm³/mol. The number of ether oxygens (including phenoxy) is 3. The average molecular weight is 340 g/mol.